The van der Waals surface area contributed by atoms with Gasteiger partial charge >= 0.3 is 17.6 Å². The molecule has 2 aromatic rings. The summed E-state index contributed by atoms with van der Waals surface area (Å²) in [7, 11) is 2.61. The van der Waals surface area contributed by atoms with E-state index in [0.717, 1.165) is 12.8 Å². The summed E-state index contributed by atoms with van der Waals surface area (Å²) < 4.78 is 20.2. The lowest BCUT2D eigenvalue weighted by atomic mass is 10.2. The number of hydrogen-bond donors (Lipinski definition) is 1. The first-order chi connectivity index (χ1) is 16.3. The fraction of sp³-hybridized carbons (Fsp3) is 0.417. The summed E-state index contributed by atoms with van der Waals surface area (Å²) in [6.07, 6.45) is 4.61. The molecule has 34 heavy (non-hydrogen) atoms. The van der Waals surface area contributed by atoms with Crippen molar-refractivity contribution >= 4 is 23.3 Å². The SMILES string of the molecule is COC(=O)c1ccc(N)c(OCC2CC2)c1.COC(=O)c1ccc([N+](=O)[O-])c(OCC2CC2)c1. The first kappa shape index (κ1) is 24.8. The number of methoxy groups -OCH3 is 2. The molecule has 2 aliphatic carbocycles. The molecular weight excluding hydrogens is 444 g/mol. The van der Waals surface area contributed by atoms with Gasteiger partial charge in [-0.25, -0.2) is 9.59 Å². The minimum Gasteiger partial charge on any atom is -0.491 e. The normalized spacial score (nSPS) is 14.3. The van der Waals surface area contributed by atoms with Crippen molar-refractivity contribution in [3.05, 3.63) is 57.6 Å². The largest absolute Gasteiger partial charge is 0.491 e. The zero-order valence-electron chi connectivity index (χ0n) is 19.2. The highest BCUT2D eigenvalue weighted by Gasteiger charge is 2.25. The Morgan fingerprint density at radius 2 is 1.35 bits per heavy atom. The number of benzene rings is 2. The third-order valence-corrected chi connectivity index (χ3v) is 5.36. The first-order valence-electron chi connectivity index (χ1n) is 10.9. The van der Waals surface area contributed by atoms with E-state index in [1.807, 2.05) is 0 Å². The number of hydrogen-bond acceptors (Lipinski definition) is 9. The second-order valence-electron chi connectivity index (χ2n) is 8.18. The number of esters is 2. The summed E-state index contributed by atoms with van der Waals surface area (Å²) in [6.45, 7) is 1.13. The fourth-order valence-electron chi connectivity index (χ4n) is 2.91. The number of nitro groups is 1. The van der Waals surface area contributed by atoms with Crippen LogP contribution in [-0.2, 0) is 9.47 Å². The maximum absolute atomic E-state index is 11.3. The molecule has 2 fully saturated rings. The number of ether oxygens (including phenoxy) is 4. The second-order valence-corrected chi connectivity index (χ2v) is 8.18. The second kappa shape index (κ2) is 11.4. The molecule has 0 bridgehead atoms. The van der Waals surface area contributed by atoms with E-state index in [0.29, 0.717) is 42.0 Å². The van der Waals surface area contributed by atoms with E-state index in [4.69, 9.17) is 15.2 Å². The zero-order chi connectivity index (χ0) is 24.7. The smallest absolute Gasteiger partial charge is 0.337 e. The minimum absolute atomic E-state index is 0.120. The summed E-state index contributed by atoms with van der Waals surface area (Å²) in [5.74, 6) is 0.898. The van der Waals surface area contributed by atoms with Crippen molar-refractivity contribution in [2.24, 2.45) is 11.8 Å². The van der Waals surface area contributed by atoms with Gasteiger partial charge in [-0.15, -0.1) is 0 Å². The highest BCUT2D eigenvalue weighted by molar-refractivity contribution is 5.91. The van der Waals surface area contributed by atoms with Crippen LogP contribution in [0.25, 0.3) is 0 Å². The molecule has 4 rings (SSSR count). The van der Waals surface area contributed by atoms with Gasteiger partial charge < -0.3 is 24.7 Å². The number of nitro benzene ring substituents is 1. The van der Waals surface area contributed by atoms with Gasteiger partial charge in [-0.1, -0.05) is 0 Å². The lowest BCUT2D eigenvalue weighted by molar-refractivity contribution is -0.385. The Bertz CT molecular complexity index is 1050. The minimum atomic E-state index is -0.541. The van der Waals surface area contributed by atoms with E-state index in [1.165, 1.54) is 45.3 Å². The molecule has 0 heterocycles. The molecule has 10 nitrogen and oxygen atoms in total. The highest BCUT2D eigenvalue weighted by Crippen LogP contribution is 2.33. The standard InChI is InChI=1S/C12H13NO5.C12H15NO3/c1-17-12(14)9-4-5-10(13(15)16)11(6-9)18-7-8-2-3-8;1-15-12(14)9-4-5-10(13)11(6-9)16-7-8-2-3-8/h4-6,8H,2-3,7H2,1H3;4-6,8H,2-3,7,13H2,1H3. The number of rotatable bonds is 9. The van der Waals surface area contributed by atoms with Crippen molar-refractivity contribution in [3.8, 4) is 11.5 Å². The van der Waals surface area contributed by atoms with Gasteiger partial charge in [0, 0.05) is 12.1 Å². The van der Waals surface area contributed by atoms with Crippen LogP contribution >= 0.6 is 0 Å². The third-order valence-electron chi connectivity index (χ3n) is 5.36. The van der Waals surface area contributed by atoms with Crippen LogP contribution in [0.5, 0.6) is 11.5 Å². The van der Waals surface area contributed by atoms with Gasteiger partial charge in [0.1, 0.15) is 5.75 Å². The van der Waals surface area contributed by atoms with Crippen LogP contribution in [0.15, 0.2) is 36.4 Å². The predicted octanol–water partition coefficient (Wildman–Crippen LogP) is 4.01. The van der Waals surface area contributed by atoms with Gasteiger partial charge in [-0.2, -0.15) is 0 Å². The van der Waals surface area contributed by atoms with Crippen molar-refractivity contribution in [3.63, 3.8) is 0 Å². The Balaban J connectivity index is 0.000000192. The van der Waals surface area contributed by atoms with Crippen LogP contribution in [-0.4, -0.2) is 44.3 Å². The van der Waals surface area contributed by atoms with Gasteiger partial charge in [0.05, 0.1) is 49.2 Å². The van der Waals surface area contributed by atoms with Gasteiger partial charge in [0.2, 0.25) is 0 Å². The summed E-state index contributed by atoms with van der Waals surface area (Å²) >= 11 is 0. The quantitative estimate of drug-likeness (QED) is 0.248. The van der Waals surface area contributed by atoms with Crippen molar-refractivity contribution < 1.29 is 33.5 Å². The van der Waals surface area contributed by atoms with Crippen LogP contribution < -0.4 is 15.2 Å². The van der Waals surface area contributed by atoms with Gasteiger partial charge in [-0.3, -0.25) is 10.1 Å². The maximum Gasteiger partial charge on any atom is 0.337 e. The van der Waals surface area contributed by atoms with Crippen molar-refractivity contribution in [1.29, 1.82) is 0 Å². The lowest BCUT2D eigenvalue weighted by Gasteiger charge is -2.09. The molecule has 0 amide bonds. The molecule has 0 aromatic heterocycles. The number of nitrogen functional groups attached to an aromatic ring is 1. The summed E-state index contributed by atoms with van der Waals surface area (Å²) in [4.78, 5) is 33.0. The molecule has 0 unspecified atom stereocenters. The Kier molecular flexibility index (Phi) is 8.29. The Labute approximate surface area is 197 Å². The number of anilines is 1. The number of nitrogens with two attached hydrogens (primary N) is 1. The average molecular weight is 472 g/mol. The number of carbonyl (C=O) groups excluding carboxylic acids is 2. The molecule has 2 N–H and O–H groups in total. The summed E-state index contributed by atoms with van der Waals surface area (Å²) in [6, 6.07) is 8.89. The summed E-state index contributed by atoms with van der Waals surface area (Å²) in [5, 5.41) is 10.8. The van der Waals surface area contributed by atoms with Gasteiger partial charge in [-0.05, 0) is 61.8 Å². The van der Waals surface area contributed by atoms with Crippen LogP contribution in [0.2, 0.25) is 0 Å². The Morgan fingerprint density at radius 3 is 1.82 bits per heavy atom. The average Bonchev–Trinajstić information content (AvgIpc) is 3.76. The molecule has 0 aliphatic heterocycles. The van der Waals surface area contributed by atoms with Crippen molar-refractivity contribution in [2.45, 2.75) is 25.7 Å². The molecule has 10 heteroatoms. The molecule has 0 atom stereocenters. The summed E-state index contributed by atoms with van der Waals surface area (Å²) in [5.41, 5.74) is 6.88. The van der Waals surface area contributed by atoms with E-state index in [1.54, 1.807) is 18.2 Å². The molecule has 0 saturated heterocycles. The van der Waals surface area contributed by atoms with Gasteiger partial charge in [0.15, 0.2) is 5.75 Å². The van der Waals surface area contributed by atoms with E-state index in [9.17, 15) is 19.7 Å². The van der Waals surface area contributed by atoms with E-state index in [-0.39, 0.29) is 23.0 Å². The highest BCUT2D eigenvalue weighted by atomic mass is 16.6. The van der Waals surface area contributed by atoms with Crippen molar-refractivity contribution in [1.82, 2.24) is 0 Å². The maximum atomic E-state index is 11.3. The van der Waals surface area contributed by atoms with E-state index < -0.39 is 10.9 Å². The fourth-order valence-corrected chi connectivity index (χ4v) is 2.91. The van der Waals surface area contributed by atoms with Crippen LogP contribution in [0.3, 0.4) is 0 Å². The monoisotopic (exact) mass is 472 g/mol. The molecule has 182 valence electrons. The van der Waals surface area contributed by atoms with E-state index in [2.05, 4.69) is 9.47 Å². The van der Waals surface area contributed by atoms with Crippen LogP contribution in [0, 0.1) is 22.0 Å². The van der Waals surface area contributed by atoms with Crippen molar-refractivity contribution in [2.75, 3.05) is 33.2 Å². The molecule has 2 aliphatic rings. The molecule has 2 aromatic carbocycles. The molecular formula is C24H28N2O8. The Hall–Kier alpha value is -3.82. The topological polar surface area (TPSA) is 140 Å². The lowest BCUT2D eigenvalue weighted by Crippen LogP contribution is -2.05. The third kappa shape index (κ3) is 7.09. The Morgan fingerprint density at radius 1 is 0.882 bits per heavy atom. The van der Waals surface area contributed by atoms with E-state index >= 15 is 0 Å². The number of nitrogens with zero attached hydrogens (tertiary/aromatic N) is 1. The zero-order valence-corrected chi connectivity index (χ0v) is 19.2. The number of carbonyl (C=O) groups is 2. The molecule has 2 saturated carbocycles. The first-order valence-corrected chi connectivity index (χ1v) is 10.9. The van der Waals surface area contributed by atoms with Gasteiger partial charge in [0.25, 0.3) is 0 Å². The molecule has 0 radical (unpaired) electrons. The van der Waals surface area contributed by atoms with Crippen LogP contribution in [0.4, 0.5) is 11.4 Å². The molecule has 0 spiro atoms. The van der Waals surface area contributed by atoms with Crippen LogP contribution in [0.1, 0.15) is 46.4 Å². The predicted molar refractivity (Wildman–Crippen MR) is 123 cm³/mol.